The molecular weight excluding hydrogens is 186 g/mol. The minimum Gasteiger partial charge on any atom is -0.202 e. The molecule has 0 bridgehead atoms. The normalized spacial score (nSPS) is 13.0. The number of halogens is 2. The van der Waals surface area contributed by atoms with Crippen molar-refractivity contribution in [1.82, 2.24) is 10.2 Å². The Morgan fingerprint density at radius 1 is 1.14 bits per heavy atom. The van der Waals surface area contributed by atoms with Crippen molar-refractivity contribution in [2.24, 2.45) is 0 Å². The van der Waals surface area contributed by atoms with E-state index in [1.165, 1.54) is 6.07 Å². The lowest BCUT2D eigenvalue weighted by Gasteiger charge is -2.18. The van der Waals surface area contributed by atoms with Crippen molar-refractivity contribution < 1.29 is 8.78 Å². The Bertz CT molecular complexity index is 294. The number of aromatic nitrogens is 2. The minimum atomic E-state index is -2.85. The van der Waals surface area contributed by atoms with E-state index in [9.17, 15) is 8.78 Å². The van der Waals surface area contributed by atoms with Crippen molar-refractivity contribution in [2.45, 2.75) is 39.0 Å². The summed E-state index contributed by atoms with van der Waals surface area (Å²) in [6.07, 6.45) is 1.11. The van der Waals surface area contributed by atoms with Gasteiger partial charge in [0.1, 0.15) is 0 Å². The lowest BCUT2D eigenvalue weighted by atomic mass is 9.91. The largest absolute Gasteiger partial charge is 0.272 e. The van der Waals surface area contributed by atoms with E-state index in [4.69, 9.17) is 0 Å². The molecule has 78 valence electrons. The summed E-state index contributed by atoms with van der Waals surface area (Å²) in [5.41, 5.74) is 0.239. The van der Waals surface area contributed by atoms with Gasteiger partial charge in [-0.25, -0.2) is 8.78 Å². The zero-order valence-corrected chi connectivity index (χ0v) is 8.81. The molecule has 0 aliphatic heterocycles. The molecule has 0 radical (unpaired) electrons. The number of nitrogens with zero attached hydrogens (tertiary/aromatic N) is 2. The highest BCUT2D eigenvalue weighted by Crippen LogP contribution is 2.28. The molecule has 1 heterocycles. The van der Waals surface area contributed by atoms with Gasteiger partial charge >= 0.3 is 0 Å². The van der Waals surface area contributed by atoms with Crippen LogP contribution < -0.4 is 0 Å². The lowest BCUT2D eigenvalue weighted by molar-refractivity contribution is 0.0168. The van der Waals surface area contributed by atoms with Gasteiger partial charge in [-0.3, -0.25) is 0 Å². The fourth-order valence-electron chi connectivity index (χ4n) is 0.973. The maximum atomic E-state index is 13.0. The van der Waals surface area contributed by atoms with Crippen LogP contribution in [0.4, 0.5) is 8.78 Å². The second-order valence-electron chi connectivity index (χ2n) is 4.47. The molecule has 0 aliphatic carbocycles. The van der Waals surface area contributed by atoms with Crippen molar-refractivity contribution in [2.75, 3.05) is 0 Å². The van der Waals surface area contributed by atoms with Crippen LogP contribution in [0.1, 0.15) is 39.0 Å². The van der Waals surface area contributed by atoms with E-state index in [0.717, 1.165) is 13.1 Å². The van der Waals surface area contributed by atoms with E-state index >= 15 is 0 Å². The maximum absolute atomic E-state index is 13.0. The van der Waals surface area contributed by atoms with Crippen molar-refractivity contribution in [1.29, 1.82) is 0 Å². The molecule has 0 unspecified atom stereocenters. The fraction of sp³-hybridized carbons (Fsp3) is 0.600. The Kier molecular flexibility index (Phi) is 2.56. The molecule has 0 aliphatic rings. The lowest BCUT2D eigenvalue weighted by Crippen LogP contribution is -2.17. The van der Waals surface area contributed by atoms with Gasteiger partial charge in [-0.1, -0.05) is 20.8 Å². The number of hydrogen-bond acceptors (Lipinski definition) is 2. The van der Waals surface area contributed by atoms with E-state index < -0.39 is 5.92 Å². The van der Waals surface area contributed by atoms with Gasteiger partial charge in [-0.15, -0.1) is 0 Å². The van der Waals surface area contributed by atoms with Gasteiger partial charge in [-0.2, -0.15) is 10.2 Å². The highest BCUT2D eigenvalue weighted by Gasteiger charge is 2.27. The number of alkyl halides is 2. The van der Waals surface area contributed by atoms with Crippen LogP contribution in [0.3, 0.4) is 0 Å². The summed E-state index contributed by atoms with van der Waals surface area (Å²) in [4.78, 5) is 0. The standard InChI is InChI=1S/C10H14F2N2/c1-9(2,3)8-5-7(6-13-14-8)10(4,11)12/h5-6H,1-4H3. The first kappa shape index (κ1) is 11.0. The van der Waals surface area contributed by atoms with E-state index in [1.54, 1.807) is 0 Å². The number of hydrogen-bond donors (Lipinski definition) is 0. The molecule has 1 rings (SSSR count). The van der Waals surface area contributed by atoms with Crippen molar-refractivity contribution in [3.05, 3.63) is 23.5 Å². The summed E-state index contributed by atoms with van der Waals surface area (Å²) in [6.45, 7) is 6.59. The summed E-state index contributed by atoms with van der Waals surface area (Å²) < 4.78 is 25.9. The highest BCUT2D eigenvalue weighted by atomic mass is 19.3. The van der Waals surface area contributed by atoms with Crippen molar-refractivity contribution in [3.8, 4) is 0 Å². The first-order chi connectivity index (χ1) is 6.21. The molecule has 0 saturated carbocycles. The minimum absolute atomic E-state index is 0.0857. The first-order valence-electron chi connectivity index (χ1n) is 4.43. The van der Waals surface area contributed by atoms with E-state index in [1.807, 2.05) is 20.8 Å². The second-order valence-corrected chi connectivity index (χ2v) is 4.47. The summed E-state index contributed by atoms with van der Waals surface area (Å²) in [5, 5.41) is 7.43. The van der Waals surface area contributed by atoms with Gasteiger partial charge in [0.15, 0.2) is 0 Å². The zero-order chi connectivity index (χ0) is 11.0. The Hall–Kier alpha value is -1.06. The average molecular weight is 200 g/mol. The monoisotopic (exact) mass is 200 g/mol. The van der Waals surface area contributed by atoms with Crippen LogP contribution in [0.2, 0.25) is 0 Å². The van der Waals surface area contributed by atoms with Gasteiger partial charge in [0, 0.05) is 17.9 Å². The van der Waals surface area contributed by atoms with Crippen LogP contribution in [0.5, 0.6) is 0 Å². The predicted octanol–water partition coefficient (Wildman–Crippen LogP) is 2.89. The van der Waals surface area contributed by atoms with Crippen LogP contribution in [-0.4, -0.2) is 10.2 Å². The molecular formula is C10H14F2N2. The van der Waals surface area contributed by atoms with Crippen LogP contribution in [0.25, 0.3) is 0 Å². The van der Waals surface area contributed by atoms with Crippen LogP contribution in [0.15, 0.2) is 12.3 Å². The quantitative estimate of drug-likeness (QED) is 0.696. The molecule has 0 N–H and O–H groups in total. The molecule has 14 heavy (non-hydrogen) atoms. The van der Waals surface area contributed by atoms with Crippen molar-refractivity contribution in [3.63, 3.8) is 0 Å². The highest BCUT2D eigenvalue weighted by molar-refractivity contribution is 5.21. The van der Waals surface area contributed by atoms with Crippen LogP contribution >= 0.6 is 0 Å². The molecule has 1 aromatic rings. The third-order valence-electron chi connectivity index (χ3n) is 1.93. The van der Waals surface area contributed by atoms with Gasteiger partial charge in [-0.05, 0) is 6.07 Å². The topological polar surface area (TPSA) is 25.8 Å². The van der Waals surface area contributed by atoms with Crippen LogP contribution in [0, 0.1) is 0 Å². The molecule has 0 aromatic carbocycles. The Balaban J connectivity index is 3.15. The van der Waals surface area contributed by atoms with Gasteiger partial charge in [0.05, 0.1) is 11.9 Å². The third kappa shape index (κ3) is 2.47. The Morgan fingerprint density at radius 3 is 2.14 bits per heavy atom. The zero-order valence-electron chi connectivity index (χ0n) is 8.81. The molecule has 0 fully saturated rings. The molecule has 0 atom stereocenters. The Labute approximate surface area is 82.4 Å². The molecule has 0 spiro atoms. The molecule has 0 amide bonds. The summed E-state index contributed by atoms with van der Waals surface area (Å²) in [5.74, 6) is -2.85. The first-order valence-corrected chi connectivity index (χ1v) is 4.43. The van der Waals surface area contributed by atoms with Gasteiger partial charge in [0.2, 0.25) is 0 Å². The fourth-order valence-corrected chi connectivity index (χ4v) is 0.973. The summed E-state index contributed by atoms with van der Waals surface area (Å²) in [7, 11) is 0. The van der Waals surface area contributed by atoms with E-state index in [-0.39, 0.29) is 11.0 Å². The summed E-state index contributed by atoms with van der Waals surface area (Å²) >= 11 is 0. The van der Waals surface area contributed by atoms with E-state index in [2.05, 4.69) is 10.2 Å². The second kappa shape index (κ2) is 3.26. The number of rotatable bonds is 1. The average Bonchev–Trinajstić information content (AvgIpc) is 2.01. The maximum Gasteiger partial charge on any atom is 0.272 e. The van der Waals surface area contributed by atoms with Crippen molar-refractivity contribution >= 4 is 0 Å². The predicted molar refractivity (Wildman–Crippen MR) is 50.3 cm³/mol. The molecule has 4 heteroatoms. The Morgan fingerprint density at radius 2 is 1.71 bits per heavy atom. The third-order valence-corrected chi connectivity index (χ3v) is 1.93. The SMILES string of the molecule is CC(C)(C)c1cc(C(C)(F)F)cnn1. The van der Waals surface area contributed by atoms with Gasteiger partial charge < -0.3 is 0 Å². The molecule has 0 saturated heterocycles. The smallest absolute Gasteiger partial charge is 0.202 e. The summed E-state index contributed by atoms with van der Waals surface area (Å²) in [6, 6.07) is 1.41. The van der Waals surface area contributed by atoms with E-state index in [0.29, 0.717) is 5.69 Å². The molecule has 2 nitrogen and oxygen atoms in total. The molecule has 1 aromatic heterocycles. The van der Waals surface area contributed by atoms with Crippen LogP contribution in [-0.2, 0) is 11.3 Å². The van der Waals surface area contributed by atoms with Gasteiger partial charge in [0.25, 0.3) is 5.92 Å².